The number of aliphatic hydroxyl groups excluding tert-OH is 1. The van der Waals surface area contributed by atoms with Gasteiger partial charge in [-0.15, -0.1) is 0 Å². The Balaban J connectivity index is 2.18. The lowest BCUT2D eigenvalue weighted by atomic mass is 9.93. The Morgan fingerprint density at radius 2 is 2.10 bits per heavy atom. The Kier molecular flexibility index (Phi) is 4.47. The third-order valence-electron chi connectivity index (χ3n) is 3.77. The Labute approximate surface area is 122 Å². The number of amides is 1. The normalized spacial score (nSPS) is 22.0. The molecule has 0 aliphatic carbocycles. The molecule has 0 spiro atoms. The Bertz CT molecular complexity index is 557. The van der Waals surface area contributed by atoms with Gasteiger partial charge in [0.25, 0.3) is 5.91 Å². The molecule has 0 radical (unpaired) electrons. The van der Waals surface area contributed by atoms with E-state index in [9.17, 15) is 14.7 Å². The number of likely N-dealkylation sites (tertiary alicyclic amines) is 1. The van der Waals surface area contributed by atoms with Crippen LogP contribution in [0.5, 0.6) is 5.75 Å². The average molecular weight is 293 g/mol. The lowest BCUT2D eigenvalue weighted by Crippen LogP contribution is -2.48. The van der Waals surface area contributed by atoms with Gasteiger partial charge in [-0.3, -0.25) is 9.59 Å². The minimum absolute atomic E-state index is 0.0207. The largest absolute Gasteiger partial charge is 0.496 e. The number of ether oxygens (including phenoxy) is 1. The second-order valence-corrected chi connectivity index (χ2v) is 5.26. The van der Waals surface area contributed by atoms with Crippen molar-refractivity contribution in [3.63, 3.8) is 0 Å². The predicted molar refractivity (Wildman–Crippen MR) is 75.4 cm³/mol. The van der Waals surface area contributed by atoms with Crippen LogP contribution >= 0.6 is 0 Å². The maximum absolute atomic E-state index is 12.5. The fraction of sp³-hybridized carbons (Fsp3) is 0.467. The SMILES string of the molecule is COc1ccc(C)cc1C(=O)N1CC[C@H](C(=O)O)[C@H](O)C1. The number of piperidine rings is 1. The lowest BCUT2D eigenvalue weighted by Gasteiger charge is -2.34. The van der Waals surface area contributed by atoms with Crippen LogP contribution in [0.2, 0.25) is 0 Å². The third kappa shape index (κ3) is 3.16. The fourth-order valence-corrected chi connectivity index (χ4v) is 2.56. The van der Waals surface area contributed by atoms with Crippen molar-refractivity contribution < 1.29 is 24.5 Å². The maximum Gasteiger partial charge on any atom is 0.309 e. The highest BCUT2D eigenvalue weighted by atomic mass is 16.5. The van der Waals surface area contributed by atoms with E-state index in [0.717, 1.165) is 5.56 Å². The highest BCUT2D eigenvalue weighted by molar-refractivity contribution is 5.97. The zero-order chi connectivity index (χ0) is 15.6. The van der Waals surface area contributed by atoms with Gasteiger partial charge < -0.3 is 19.8 Å². The summed E-state index contributed by atoms with van der Waals surface area (Å²) in [6.07, 6.45) is -0.799. The van der Waals surface area contributed by atoms with Crippen LogP contribution in [0.4, 0.5) is 0 Å². The predicted octanol–water partition coefficient (Wildman–Crippen LogP) is 0.911. The van der Waals surface area contributed by atoms with E-state index in [1.165, 1.54) is 12.0 Å². The number of hydrogen-bond acceptors (Lipinski definition) is 4. The van der Waals surface area contributed by atoms with Crippen molar-refractivity contribution >= 4 is 11.9 Å². The first-order valence-electron chi connectivity index (χ1n) is 6.79. The molecule has 6 heteroatoms. The molecular weight excluding hydrogens is 274 g/mol. The minimum atomic E-state index is -1.05. The maximum atomic E-state index is 12.5. The summed E-state index contributed by atoms with van der Waals surface area (Å²) in [6, 6.07) is 5.31. The highest BCUT2D eigenvalue weighted by Gasteiger charge is 2.35. The molecule has 2 atom stereocenters. The van der Waals surface area contributed by atoms with Gasteiger partial charge in [0.2, 0.25) is 0 Å². The lowest BCUT2D eigenvalue weighted by molar-refractivity contribution is -0.148. The molecule has 21 heavy (non-hydrogen) atoms. The number of benzene rings is 1. The summed E-state index contributed by atoms with van der Waals surface area (Å²) >= 11 is 0. The van der Waals surface area contributed by atoms with Gasteiger partial charge in [0.15, 0.2) is 0 Å². The molecule has 1 aromatic rings. The molecule has 6 nitrogen and oxygen atoms in total. The van der Waals surface area contributed by atoms with Crippen molar-refractivity contribution in [2.75, 3.05) is 20.2 Å². The number of hydrogen-bond donors (Lipinski definition) is 2. The number of carbonyl (C=O) groups excluding carboxylic acids is 1. The number of carbonyl (C=O) groups is 2. The van der Waals surface area contributed by atoms with E-state index in [-0.39, 0.29) is 18.9 Å². The zero-order valence-corrected chi connectivity index (χ0v) is 12.1. The minimum Gasteiger partial charge on any atom is -0.496 e. The van der Waals surface area contributed by atoms with E-state index in [1.54, 1.807) is 12.1 Å². The first-order chi connectivity index (χ1) is 9.93. The summed E-state index contributed by atoms with van der Waals surface area (Å²) in [4.78, 5) is 25.0. The van der Waals surface area contributed by atoms with Gasteiger partial charge in [-0.1, -0.05) is 11.6 Å². The summed E-state index contributed by atoms with van der Waals surface area (Å²) in [5.41, 5.74) is 1.36. The van der Waals surface area contributed by atoms with E-state index in [4.69, 9.17) is 9.84 Å². The van der Waals surface area contributed by atoms with Crippen molar-refractivity contribution in [2.45, 2.75) is 19.4 Å². The van der Waals surface area contributed by atoms with Crippen LogP contribution < -0.4 is 4.74 Å². The van der Waals surface area contributed by atoms with Crippen LogP contribution in [0.3, 0.4) is 0 Å². The standard InChI is InChI=1S/C15H19NO5/c1-9-3-4-13(21-2)11(7-9)14(18)16-6-5-10(15(19)20)12(17)8-16/h3-4,7,10,12,17H,5-6,8H2,1-2H3,(H,19,20)/t10-,12+/m0/s1. The van der Waals surface area contributed by atoms with E-state index in [0.29, 0.717) is 17.9 Å². The van der Waals surface area contributed by atoms with Crippen LogP contribution in [-0.2, 0) is 4.79 Å². The number of β-amino-alcohol motifs (C(OH)–C–C–N with tert-alkyl or cyclic N) is 1. The molecule has 0 saturated carbocycles. The summed E-state index contributed by atoms with van der Waals surface area (Å²) in [6.45, 7) is 2.21. The van der Waals surface area contributed by atoms with Crippen LogP contribution in [0.25, 0.3) is 0 Å². The number of nitrogens with zero attached hydrogens (tertiary/aromatic N) is 1. The average Bonchev–Trinajstić information content (AvgIpc) is 2.45. The van der Waals surface area contributed by atoms with Gasteiger partial charge in [0, 0.05) is 13.1 Å². The van der Waals surface area contributed by atoms with Crippen molar-refractivity contribution in [3.8, 4) is 5.75 Å². The molecule has 1 aromatic carbocycles. The number of aliphatic hydroxyl groups is 1. The number of aryl methyl sites for hydroxylation is 1. The second-order valence-electron chi connectivity index (χ2n) is 5.26. The van der Waals surface area contributed by atoms with Crippen molar-refractivity contribution in [2.24, 2.45) is 5.92 Å². The number of methoxy groups -OCH3 is 1. The fourth-order valence-electron chi connectivity index (χ4n) is 2.56. The van der Waals surface area contributed by atoms with Crippen LogP contribution in [0.1, 0.15) is 22.3 Å². The number of rotatable bonds is 3. The quantitative estimate of drug-likeness (QED) is 0.865. The Morgan fingerprint density at radius 1 is 1.38 bits per heavy atom. The van der Waals surface area contributed by atoms with E-state index >= 15 is 0 Å². The number of aliphatic carboxylic acids is 1. The van der Waals surface area contributed by atoms with Gasteiger partial charge in [-0.05, 0) is 25.5 Å². The second kappa shape index (κ2) is 6.13. The highest BCUT2D eigenvalue weighted by Crippen LogP contribution is 2.25. The summed E-state index contributed by atoms with van der Waals surface area (Å²) in [7, 11) is 1.49. The number of carboxylic acids is 1. The molecule has 1 saturated heterocycles. The van der Waals surface area contributed by atoms with Gasteiger partial charge in [0.05, 0.1) is 24.7 Å². The van der Waals surface area contributed by atoms with Crippen LogP contribution in [0, 0.1) is 12.8 Å². The van der Waals surface area contributed by atoms with E-state index in [2.05, 4.69) is 0 Å². The van der Waals surface area contributed by atoms with Gasteiger partial charge in [-0.2, -0.15) is 0 Å². The molecule has 0 unspecified atom stereocenters. The molecule has 1 aliphatic rings. The summed E-state index contributed by atoms with van der Waals surface area (Å²) in [5, 5.41) is 18.9. The molecule has 114 valence electrons. The first kappa shape index (κ1) is 15.3. The molecule has 1 aliphatic heterocycles. The molecule has 1 fully saturated rings. The Morgan fingerprint density at radius 3 is 2.67 bits per heavy atom. The van der Waals surface area contributed by atoms with E-state index in [1.807, 2.05) is 13.0 Å². The van der Waals surface area contributed by atoms with Crippen LogP contribution in [0.15, 0.2) is 18.2 Å². The summed E-state index contributed by atoms with van der Waals surface area (Å²) < 4.78 is 5.19. The molecule has 2 N–H and O–H groups in total. The van der Waals surface area contributed by atoms with E-state index < -0.39 is 18.0 Å². The molecule has 0 aromatic heterocycles. The Hall–Kier alpha value is -2.08. The smallest absolute Gasteiger partial charge is 0.309 e. The van der Waals surface area contributed by atoms with Gasteiger partial charge in [0.1, 0.15) is 5.75 Å². The first-order valence-corrected chi connectivity index (χ1v) is 6.79. The molecule has 2 rings (SSSR count). The molecule has 1 amide bonds. The zero-order valence-electron chi connectivity index (χ0n) is 12.1. The van der Waals surface area contributed by atoms with Crippen molar-refractivity contribution in [1.82, 2.24) is 4.90 Å². The topological polar surface area (TPSA) is 87.1 Å². The molecule has 1 heterocycles. The molecule has 0 bridgehead atoms. The molecular formula is C15H19NO5. The van der Waals surface area contributed by atoms with Crippen LogP contribution in [-0.4, -0.2) is 53.3 Å². The number of carboxylic acid groups (broad SMARTS) is 1. The van der Waals surface area contributed by atoms with Crippen molar-refractivity contribution in [3.05, 3.63) is 29.3 Å². The monoisotopic (exact) mass is 293 g/mol. The van der Waals surface area contributed by atoms with Gasteiger partial charge in [-0.25, -0.2) is 0 Å². The van der Waals surface area contributed by atoms with Gasteiger partial charge >= 0.3 is 5.97 Å². The van der Waals surface area contributed by atoms with Crippen molar-refractivity contribution in [1.29, 1.82) is 0 Å². The third-order valence-corrected chi connectivity index (χ3v) is 3.77. The summed E-state index contributed by atoms with van der Waals surface area (Å²) in [5.74, 6) is -1.62.